The lowest BCUT2D eigenvalue weighted by Crippen LogP contribution is -2.45. The van der Waals surface area contributed by atoms with Gasteiger partial charge in [-0.25, -0.2) is 9.59 Å². The maximum Gasteiger partial charge on any atom is 0.437 e. The summed E-state index contributed by atoms with van der Waals surface area (Å²) in [5.74, 6) is 0.812. The minimum absolute atomic E-state index is 0.0644. The van der Waals surface area contributed by atoms with Crippen LogP contribution in [0.4, 0.5) is 9.59 Å². The maximum absolute atomic E-state index is 12.3. The zero-order chi connectivity index (χ0) is 29.7. The molecule has 226 valence electrons. The van der Waals surface area contributed by atoms with Crippen molar-refractivity contribution >= 4 is 18.1 Å². The summed E-state index contributed by atoms with van der Waals surface area (Å²) in [6.07, 6.45) is 11.9. The van der Waals surface area contributed by atoms with Crippen molar-refractivity contribution in [2.24, 2.45) is 4.99 Å². The van der Waals surface area contributed by atoms with E-state index in [2.05, 4.69) is 39.5 Å². The number of carbonyl (C=O) groups excluding carboxylic acids is 1. The number of hydrogen-bond acceptors (Lipinski definition) is 6. The van der Waals surface area contributed by atoms with Crippen LogP contribution in [0.15, 0.2) is 33.8 Å². The number of guanidine groups is 1. The topological polar surface area (TPSA) is 130 Å². The molecule has 0 saturated carbocycles. The minimum Gasteiger partial charge on any atom is -0.465 e. The first-order valence-electron chi connectivity index (χ1n) is 15.1. The highest BCUT2D eigenvalue weighted by atomic mass is 16.6. The van der Waals surface area contributed by atoms with Crippen LogP contribution >= 0.6 is 0 Å². The van der Waals surface area contributed by atoms with Crippen LogP contribution < -0.4 is 5.32 Å². The summed E-state index contributed by atoms with van der Waals surface area (Å²) >= 11 is 0. The predicted molar refractivity (Wildman–Crippen MR) is 159 cm³/mol. The number of amides is 2. The van der Waals surface area contributed by atoms with E-state index in [0.29, 0.717) is 24.8 Å². The Morgan fingerprint density at radius 2 is 1.76 bits per heavy atom. The van der Waals surface area contributed by atoms with Gasteiger partial charge >= 0.3 is 12.2 Å². The van der Waals surface area contributed by atoms with E-state index in [0.717, 1.165) is 31.2 Å². The van der Waals surface area contributed by atoms with Crippen LogP contribution in [-0.2, 0) is 11.2 Å². The number of hydrogen-bond donors (Lipinski definition) is 2. The molecule has 1 unspecified atom stereocenters. The largest absolute Gasteiger partial charge is 0.465 e. The van der Waals surface area contributed by atoms with Crippen LogP contribution in [0.2, 0.25) is 0 Å². The molecule has 0 bridgehead atoms. The molecule has 10 heteroatoms. The minimum atomic E-state index is -1.31. The Bertz CT molecular complexity index is 1120. The van der Waals surface area contributed by atoms with Crippen molar-refractivity contribution in [3.05, 3.63) is 35.7 Å². The van der Waals surface area contributed by atoms with Gasteiger partial charge in [0.1, 0.15) is 5.60 Å². The van der Waals surface area contributed by atoms with Crippen LogP contribution in [0, 0.1) is 0 Å². The second-order valence-electron chi connectivity index (χ2n) is 11.9. The first-order chi connectivity index (χ1) is 19.6. The fourth-order valence-corrected chi connectivity index (χ4v) is 4.98. The smallest absolute Gasteiger partial charge is 0.437 e. The molecule has 2 N–H and O–H groups in total. The molecule has 0 aliphatic carbocycles. The zero-order valence-electron chi connectivity index (χ0n) is 25.2. The Morgan fingerprint density at radius 1 is 1.07 bits per heavy atom. The quantitative estimate of drug-likeness (QED) is 0.161. The number of unbranched alkanes of at least 4 members (excludes halogenated alkanes) is 7. The van der Waals surface area contributed by atoms with E-state index >= 15 is 0 Å². The first-order valence-corrected chi connectivity index (χ1v) is 15.1. The van der Waals surface area contributed by atoms with Crippen molar-refractivity contribution in [1.29, 1.82) is 0 Å². The summed E-state index contributed by atoms with van der Waals surface area (Å²) < 4.78 is 10.9. The lowest BCUT2D eigenvalue weighted by atomic mass is 10.0. The Balaban J connectivity index is 1.60. The number of nitrogens with zero attached hydrogens (tertiary/aromatic N) is 4. The molecule has 1 atom stereocenters. The average molecular weight is 570 g/mol. The summed E-state index contributed by atoms with van der Waals surface area (Å²) in [7, 11) is 0. The highest BCUT2D eigenvalue weighted by Crippen LogP contribution is 2.28. The van der Waals surface area contributed by atoms with Crippen LogP contribution in [0.1, 0.15) is 116 Å². The molecular formula is C31H47N5O5. The van der Waals surface area contributed by atoms with Gasteiger partial charge in [0.15, 0.2) is 0 Å². The second kappa shape index (κ2) is 16.1. The van der Waals surface area contributed by atoms with Gasteiger partial charge in [-0.2, -0.15) is 4.98 Å². The Morgan fingerprint density at radius 3 is 2.41 bits per heavy atom. The van der Waals surface area contributed by atoms with E-state index in [-0.39, 0.29) is 11.9 Å². The molecule has 1 aromatic heterocycles. The molecule has 1 fully saturated rings. The lowest BCUT2D eigenvalue weighted by molar-refractivity contribution is 0.0601. The van der Waals surface area contributed by atoms with Gasteiger partial charge in [0.25, 0.3) is 0 Å². The first kappa shape index (κ1) is 32.1. The molecule has 2 aromatic rings. The number of benzene rings is 1. The van der Waals surface area contributed by atoms with E-state index in [1.807, 2.05) is 12.1 Å². The number of carboxylic acid groups (broad SMARTS) is 1. The number of ether oxygens (including phenoxy) is 1. The Hall–Kier alpha value is -3.43. The van der Waals surface area contributed by atoms with Gasteiger partial charge in [-0.1, -0.05) is 87.7 Å². The number of aryl methyl sites for hydroxylation is 1. The molecule has 1 aliphatic heterocycles. The molecule has 1 saturated heterocycles. The fourth-order valence-electron chi connectivity index (χ4n) is 4.98. The monoisotopic (exact) mass is 569 g/mol. The molecule has 3 rings (SSSR count). The van der Waals surface area contributed by atoms with Crippen molar-refractivity contribution in [2.75, 3.05) is 13.1 Å². The Labute approximate surface area is 243 Å². The van der Waals surface area contributed by atoms with Crippen molar-refractivity contribution in [1.82, 2.24) is 20.4 Å². The summed E-state index contributed by atoms with van der Waals surface area (Å²) in [5.41, 5.74) is 1.46. The van der Waals surface area contributed by atoms with E-state index in [1.54, 1.807) is 25.7 Å². The summed E-state index contributed by atoms with van der Waals surface area (Å²) in [5, 5.41) is 15.8. The van der Waals surface area contributed by atoms with Crippen molar-refractivity contribution in [3.63, 3.8) is 0 Å². The molecule has 0 radical (unpaired) electrons. The number of likely N-dealkylation sites (tertiary alicyclic amines) is 1. The van der Waals surface area contributed by atoms with Crippen molar-refractivity contribution in [3.8, 4) is 11.4 Å². The van der Waals surface area contributed by atoms with Gasteiger partial charge in [-0.15, -0.1) is 4.99 Å². The van der Waals surface area contributed by atoms with Crippen molar-refractivity contribution in [2.45, 2.75) is 116 Å². The van der Waals surface area contributed by atoms with Crippen LogP contribution in [0.3, 0.4) is 0 Å². The second-order valence-corrected chi connectivity index (χ2v) is 11.9. The Kier molecular flexibility index (Phi) is 12.6. The third kappa shape index (κ3) is 11.5. The predicted octanol–water partition coefficient (Wildman–Crippen LogP) is 7.55. The molecule has 1 aliphatic rings. The average Bonchev–Trinajstić information content (AvgIpc) is 3.27. The highest BCUT2D eigenvalue weighted by molar-refractivity contribution is 5.98. The number of nitrogens with one attached hydrogen (secondary N) is 1. The third-order valence-electron chi connectivity index (χ3n) is 7.10. The summed E-state index contributed by atoms with van der Waals surface area (Å²) in [6.45, 7) is 8.33. The molecular weight excluding hydrogens is 522 g/mol. The van der Waals surface area contributed by atoms with Gasteiger partial charge in [-0.3, -0.25) is 5.32 Å². The van der Waals surface area contributed by atoms with Crippen molar-refractivity contribution < 1.29 is 24.0 Å². The van der Waals surface area contributed by atoms with E-state index in [1.165, 1.54) is 56.9 Å². The van der Waals surface area contributed by atoms with E-state index in [4.69, 9.17) is 9.26 Å². The summed E-state index contributed by atoms with van der Waals surface area (Å²) in [4.78, 5) is 34.1. The zero-order valence-corrected chi connectivity index (χ0v) is 25.2. The molecule has 2 amide bonds. The highest BCUT2D eigenvalue weighted by Gasteiger charge is 2.28. The van der Waals surface area contributed by atoms with Crippen LogP contribution in [-0.4, -0.2) is 57.0 Å². The number of rotatable bonds is 11. The van der Waals surface area contributed by atoms with Gasteiger partial charge < -0.3 is 19.3 Å². The van der Waals surface area contributed by atoms with Crippen LogP contribution in [0.25, 0.3) is 11.4 Å². The fraction of sp³-hybridized carbons (Fsp3) is 0.645. The third-order valence-corrected chi connectivity index (χ3v) is 7.10. The van der Waals surface area contributed by atoms with Crippen LogP contribution in [0.5, 0.6) is 0 Å². The van der Waals surface area contributed by atoms with E-state index < -0.39 is 17.8 Å². The molecule has 41 heavy (non-hydrogen) atoms. The normalized spacial score (nSPS) is 16.3. The van der Waals surface area contributed by atoms with Gasteiger partial charge in [0.05, 0.1) is 5.92 Å². The van der Waals surface area contributed by atoms with Gasteiger partial charge in [0, 0.05) is 18.7 Å². The summed E-state index contributed by atoms with van der Waals surface area (Å²) in [6, 6.07) is 8.35. The molecule has 0 spiro atoms. The van der Waals surface area contributed by atoms with E-state index in [9.17, 15) is 14.7 Å². The van der Waals surface area contributed by atoms with Gasteiger partial charge in [-0.05, 0) is 52.0 Å². The maximum atomic E-state index is 12.3. The number of aliphatic imine (C=N–C) groups is 1. The number of aromatic nitrogens is 2. The standard InChI is InChI=1S/C31H47N5O5/c1-5-6-7-8-9-10-11-12-15-23-17-19-24(20-18-23)26-32-27(41-35-26)25-16-13-14-21-36(22-25)28(33-29(37)38)34-30(39)40-31(2,3)4/h17-20,25H,5-16,21-22H2,1-4H3,(H,37,38)(H,33,34,39). The number of carbonyl (C=O) groups is 2. The lowest BCUT2D eigenvalue weighted by Gasteiger charge is -2.26. The molecule has 10 nitrogen and oxygen atoms in total. The molecule has 2 heterocycles. The molecule has 1 aromatic carbocycles. The van der Waals surface area contributed by atoms with Gasteiger partial charge in [0.2, 0.25) is 17.7 Å². The SMILES string of the molecule is CCCCCCCCCCc1ccc(-c2noc(C3CCCCN(C(=NC(=O)OC(C)(C)C)NC(=O)O)C3)n2)cc1.